The molecule has 48 valence electrons. The third-order valence-electron chi connectivity index (χ3n) is 0.856. The molecule has 0 radical (unpaired) electrons. The van der Waals surface area contributed by atoms with Gasteiger partial charge in [-0.3, -0.25) is 0 Å². The second-order valence-corrected chi connectivity index (χ2v) is 1.46. The van der Waals surface area contributed by atoms with Crippen molar-refractivity contribution >= 4 is 12.4 Å². The summed E-state index contributed by atoms with van der Waals surface area (Å²) in [5.74, 6) is 0. The molecule has 0 aromatic heterocycles. The minimum Gasteiger partial charge on any atom is -0.301 e. The zero-order valence-electron chi connectivity index (χ0n) is 4.59. The molecule has 1 aliphatic rings. The minimum absolute atomic E-state index is 0. The standard InChI is InChI=1S/C5H9NO.ClH/c1-2-4-6-7-5-3-1;/h1-2,6H,3-5H2;1H. The van der Waals surface area contributed by atoms with E-state index in [1.807, 2.05) is 0 Å². The molecular formula is C5H10ClNO. The smallest absolute Gasteiger partial charge is 0.0716 e. The largest absolute Gasteiger partial charge is 0.301 e. The van der Waals surface area contributed by atoms with Gasteiger partial charge >= 0.3 is 0 Å². The van der Waals surface area contributed by atoms with Crippen LogP contribution in [-0.4, -0.2) is 13.2 Å². The molecule has 1 heterocycles. The second kappa shape index (κ2) is 5.09. The summed E-state index contributed by atoms with van der Waals surface area (Å²) < 4.78 is 0. The number of hydroxylamine groups is 1. The van der Waals surface area contributed by atoms with Crippen LogP contribution in [0.4, 0.5) is 0 Å². The molecule has 0 amide bonds. The number of rotatable bonds is 0. The number of hydrogen-bond acceptors (Lipinski definition) is 2. The first-order valence-corrected chi connectivity index (χ1v) is 2.50. The minimum atomic E-state index is 0. The van der Waals surface area contributed by atoms with E-state index in [1.54, 1.807) is 0 Å². The molecular weight excluding hydrogens is 126 g/mol. The molecule has 0 unspecified atom stereocenters. The predicted molar refractivity (Wildman–Crippen MR) is 35.0 cm³/mol. The quantitative estimate of drug-likeness (QED) is 0.498. The Hall–Kier alpha value is -0.0500. The van der Waals surface area contributed by atoms with Crippen LogP contribution in [0.5, 0.6) is 0 Å². The summed E-state index contributed by atoms with van der Waals surface area (Å²) in [6.07, 6.45) is 5.21. The van der Waals surface area contributed by atoms with Gasteiger partial charge in [-0.15, -0.1) is 12.4 Å². The van der Waals surface area contributed by atoms with Gasteiger partial charge in [0.15, 0.2) is 0 Å². The van der Waals surface area contributed by atoms with Gasteiger partial charge in [0, 0.05) is 6.54 Å². The van der Waals surface area contributed by atoms with Gasteiger partial charge in [-0.05, 0) is 6.42 Å². The molecule has 0 saturated heterocycles. The molecule has 2 nitrogen and oxygen atoms in total. The molecule has 0 aromatic rings. The Bertz CT molecular complexity index is 66.8. The van der Waals surface area contributed by atoms with Crippen LogP contribution >= 0.6 is 12.4 Å². The molecule has 0 aromatic carbocycles. The summed E-state index contributed by atoms with van der Waals surface area (Å²) in [7, 11) is 0. The summed E-state index contributed by atoms with van der Waals surface area (Å²) in [5.41, 5.74) is 2.76. The maximum Gasteiger partial charge on any atom is 0.0716 e. The maximum absolute atomic E-state index is 4.88. The van der Waals surface area contributed by atoms with Gasteiger partial charge in [0.25, 0.3) is 0 Å². The predicted octanol–water partition coefficient (Wildman–Crippen LogP) is 0.889. The number of halogens is 1. The summed E-state index contributed by atoms with van der Waals surface area (Å²) >= 11 is 0. The van der Waals surface area contributed by atoms with Gasteiger partial charge in [-0.2, -0.15) is 5.48 Å². The Kier molecular flexibility index (Phi) is 5.06. The Morgan fingerprint density at radius 1 is 1.38 bits per heavy atom. The lowest BCUT2D eigenvalue weighted by molar-refractivity contribution is 0.0557. The second-order valence-electron chi connectivity index (χ2n) is 1.46. The van der Waals surface area contributed by atoms with Crippen molar-refractivity contribution in [1.82, 2.24) is 5.48 Å². The van der Waals surface area contributed by atoms with Crippen LogP contribution in [0.15, 0.2) is 12.2 Å². The first-order valence-electron chi connectivity index (χ1n) is 2.50. The highest BCUT2D eigenvalue weighted by molar-refractivity contribution is 5.85. The summed E-state index contributed by atoms with van der Waals surface area (Å²) in [6.45, 7) is 1.65. The molecule has 0 atom stereocenters. The van der Waals surface area contributed by atoms with E-state index in [0.29, 0.717) is 0 Å². The molecule has 8 heavy (non-hydrogen) atoms. The third kappa shape index (κ3) is 3.02. The van der Waals surface area contributed by atoms with E-state index < -0.39 is 0 Å². The van der Waals surface area contributed by atoms with Crippen LogP contribution in [0, 0.1) is 0 Å². The first kappa shape index (κ1) is 7.95. The lowest BCUT2D eigenvalue weighted by Crippen LogP contribution is -2.12. The van der Waals surface area contributed by atoms with Crippen LogP contribution < -0.4 is 5.48 Å². The third-order valence-corrected chi connectivity index (χ3v) is 0.856. The maximum atomic E-state index is 4.88. The van der Waals surface area contributed by atoms with E-state index in [4.69, 9.17) is 4.84 Å². The molecule has 1 N–H and O–H groups in total. The SMILES string of the molecule is C1=CCNOCC1.Cl. The lowest BCUT2D eigenvalue weighted by atomic mass is 10.4. The highest BCUT2D eigenvalue weighted by atomic mass is 35.5. The van der Waals surface area contributed by atoms with E-state index in [2.05, 4.69) is 17.6 Å². The van der Waals surface area contributed by atoms with Crippen LogP contribution in [0.25, 0.3) is 0 Å². The monoisotopic (exact) mass is 135 g/mol. The summed E-state index contributed by atoms with van der Waals surface area (Å²) in [5, 5.41) is 0. The van der Waals surface area contributed by atoms with Gasteiger partial charge < -0.3 is 4.84 Å². The van der Waals surface area contributed by atoms with Crippen LogP contribution in [-0.2, 0) is 4.84 Å². The molecule has 0 bridgehead atoms. The van der Waals surface area contributed by atoms with Crippen LogP contribution in [0.2, 0.25) is 0 Å². The molecule has 0 aliphatic carbocycles. The van der Waals surface area contributed by atoms with Crippen molar-refractivity contribution in [2.45, 2.75) is 6.42 Å². The number of hydrogen-bond donors (Lipinski definition) is 1. The van der Waals surface area contributed by atoms with E-state index >= 15 is 0 Å². The van der Waals surface area contributed by atoms with Crippen molar-refractivity contribution in [3.63, 3.8) is 0 Å². The van der Waals surface area contributed by atoms with Crippen molar-refractivity contribution < 1.29 is 4.84 Å². The first-order chi connectivity index (χ1) is 3.50. The van der Waals surface area contributed by atoms with Crippen molar-refractivity contribution in [1.29, 1.82) is 0 Å². The van der Waals surface area contributed by atoms with Gasteiger partial charge in [0.05, 0.1) is 6.61 Å². The van der Waals surface area contributed by atoms with Crippen LogP contribution in [0.1, 0.15) is 6.42 Å². The molecule has 0 spiro atoms. The lowest BCUT2D eigenvalue weighted by Gasteiger charge is -1.94. The fraction of sp³-hybridized carbons (Fsp3) is 0.600. The van der Waals surface area contributed by atoms with Gasteiger partial charge in [0.2, 0.25) is 0 Å². The Morgan fingerprint density at radius 3 is 3.12 bits per heavy atom. The molecule has 0 fully saturated rings. The van der Waals surface area contributed by atoms with Crippen LogP contribution in [0.3, 0.4) is 0 Å². The average Bonchev–Trinajstić information content (AvgIpc) is 1.90. The van der Waals surface area contributed by atoms with Gasteiger partial charge in [0.1, 0.15) is 0 Å². The normalized spacial score (nSPS) is 19.0. The highest BCUT2D eigenvalue weighted by Gasteiger charge is 1.86. The van der Waals surface area contributed by atoms with Crippen molar-refractivity contribution in [3.8, 4) is 0 Å². The highest BCUT2D eigenvalue weighted by Crippen LogP contribution is 1.86. The van der Waals surface area contributed by atoms with E-state index in [-0.39, 0.29) is 12.4 Å². The molecule has 3 heteroatoms. The molecule has 1 rings (SSSR count). The van der Waals surface area contributed by atoms with Crippen molar-refractivity contribution in [2.75, 3.05) is 13.2 Å². The molecule has 1 aliphatic heterocycles. The molecule has 0 saturated carbocycles. The topological polar surface area (TPSA) is 21.3 Å². The van der Waals surface area contributed by atoms with Crippen molar-refractivity contribution in [3.05, 3.63) is 12.2 Å². The Morgan fingerprint density at radius 2 is 2.25 bits per heavy atom. The summed E-state index contributed by atoms with van der Waals surface area (Å²) in [4.78, 5) is 4.88. The zero-order valence-corrected chi connectivity index (χ0v) is 5.41. The van der Waals surface area contributed by atoms with E-state index in [9.17, 15) is 0 Å². The fourth-order valence-electron chi connectivity index (χ4n) is 0.507. The zero-order chi connectivity index (χ0) is 4.95. The summed E-state index contributed by atoms with van der Waals surface area (Å²) in [6, 6.07) is 0. The van der Waals surface area contributed by atoms with Gasteiger partial charge in [-0.1, -0.05) is 12.2 Å². The number of nitrogens with one attached hydrogen (secondary N) is 1. The van der Waals surface area contributed by atoms with E-state index in [0.717, 1.165) is 19.6 Å². The van der Waals surface area contributed by atoms with Gasteiger partial charge in [-0.25, -0.2) is 0 Å². The Balaban J connectivity index is 0.000000490. The Labute approximate surface area is 55.3 Å². The average molecular weight is 136 g/mol. The van der Waals surface area contributed by atoms with E-state index in [1.165, 1.54) is 0 Å². The van der Waals surface area contributed by atoms with Crippen molar-refractivity contribution in [2.24, 2.45) is 0 Å². The fourth-order valence-corrected chi connectivity index (χ4v) is 0.507.